The summed E-state index contributed by atoms with van der Waals surface area (Å²) in [5.41, 5.74) is 2.32. The predicted molar refractivity (Wildman–Crippen MR) is 106 cm³/mol. The van der Waals surface area contributed by atoms with Gasteiger partial charge >= 0.3 is 5.00 Å². The quantitative estimate of drug-likeness (QED) is 0.356. The largest absolute Gasteiger partial charge is 0.492 e. The number of hydrogen-bond acceptors (Lipinski definition) is 6. The van der Waals surface area contributed by atoms with Crippen molar-refractivity contribution in [2.45, 2.75) is 19.4 Å². The van der Waals surface area contributed by atoms with E-state index in [1.54, 1.807) is 30.7 Å². The number of nitro groups is 1. The summed E-state index contributed by atoms with van der Waals surface area (Å²) in [6.07, 6.45) is 8.45. The first-order valence-electron chi connectivity index (χ1n) is 8.81. The van der Waals surface area contributed by atoms with E-state index in [9.17, 15) is 14.9 Å². The minimum atomic E-state index is -0.418. The van der Waals surface area contributed by atoms with Crippen molar-refractivity contribution < 1.29 is 14.5 Å². The summed E-state index contributed by atoms with van der Waals surface area (Å²) in [5, 5.41) is 10.9. The van der Waals surface area contributed by atoms with Crippen LogP contribution in [0, 0.1) is 10.1 Å². The fraction of sp³-hybridized carbons (Fsp3) is 0.200. The number of aromatic nitrogens is 2. The van der Waals surface area contributed by atoms with Crippen LogP contribution in [0.25, 0.3) is 6.08 Å². The fourth-order valence-corrected chi connectivity index (χ4v) is 3.95. The van der Waals surface area contributed by atoms with Crippen LogP contribution in [0.4, 0.5) is 5.00 Å². The zero-order valence-electron chi connectivity index (χ0n) is 14.9. The molecule has 0 saturated heterocycles. The van der Waals surface area contributed by atoms with Crippen LogP contribution in [0.3, 0.4) is 0 Å². The van der Waals surface area contributed by atoms with Crippen molar-refractivity contribution >= 4 is 28.2 Å². The van der Waals surface area contributed by atoms with Gasteiger partial charge in [0.15, 0.2) is 5.78 Å². The van der Waals surface area contributed by atoms with E-state index in [0.29, 0.717) is 30.7 Å². The van der Waals surface area contributed by atoms with Crippen molar-refractivity contribution in [3.05, 3.63) is 80.7 Å². The monoisotopic (exact) mass is 395 g/mol. The van der Waals surface area contributed by atoms with Gasteiger partial charge in [0, 0.05) is 34.5 Å². The molecule has 7 nitrogen and oxygen atoms in total. The first-order chi connectivity index (χ1) is 13.6. The van der Waals surface area contributed by atoms with Crippen LogP contribution >= 0.6 is 11.3 Å². The van der Waals surface area contributed by atoms with Gasteiger partial charge in [0.05, 0.1) is 17.8 Å². The molecule has 0 aliphatic heterocycles. The number of imidazole rings is 1. The maximum atomic E-state index is 12.8. The number of rotatable bonds is 6. The second kappa shape index (κ2) is 7.77. The zero-order valence-corrected chi connectivity index (χ0v) is 15.7. The number of allylic oxidation sites excluding steroid dienone is 1. The third-order valence-electron chi connectivity index (χ3n) is 4.56. The van der Waals surface area contributed by atoms with Crippen LogP contribution in [0.2, 0.25) is 0 Å². The van der Waals surface area contributed by atoms with Crippen molar-refractivity contribution in [3.63, 3.8) is 0 Å². The van der Waals surface area contributed by atoms with Crippen LogP contribution < -0.4 is 4.74 Å². The summed E-state index contributed by atoms with van der Waals surface area (Å²) in [5.74, 6) is 0.718. The van der Waals surface area contributed by atoms with Crippen molar-refractivity contribution in [2.75, 3.05) is 6.61 Å². The molecule has 2 heterocycles. The third kappa shape index (κ3) is 3.86. The number of ketones is 1. The summed E-state index contributed by atoms with van der Waals surface area (Å²) in [4.78, 5) is 27.9. The summed E-state index contributed by atoms with van der Waals surface area (Å²) >= 11 is 1.07. The average Bonchev–Trinajstić information content (AvgIpc) is 3.36. The molecule has 2 aromatic heterocycles. The van der Waals surface area contributed by atoms with Gasteiger partial charge < -0.3 is 9.30 Å². The average molecular weight is 395 g/mol. The van der Waals surface area contributed by atoms with E-state index >= 15 is 0 Å². The Kier molecular flexibility index (Phi) is 5.03. The Labute approximate surface area is 165 Å². The van der Waals surface area contributed by atoms with Crippen LogP contribution in [0.1, 0.15) is 27.2 Å². The first-order valence-corrected chi connectivity index (χ1v) is 9.63. The maximum Gasteiger partial charge on any atom is 0.324 e. The summed E-state index contributed by atoms with van der Waals surface area (Å²) in [6.45, 7) is 1.22. The molecule has 3 aromatic rings. The number of benzene rings is 1. The number of carbonyl (C=O) groups is 1. The van der Waals surface area contributed by atoms with Crippen molar-refractivity contribution in [2.24, 2.45) is 0 Å². The molecule has 0 amide bonds. The lowest BCUT2D eigenvalue weighted by atomic mass is 9.86. The molecule has 0 saturated carbocycles. The molecule has 1 aliphatic carbocycles. The molecule has 0 fully saturated rings. The molecule has 0 bridgehead atoms. The Hall–Kier alpha value is -3.26. The molecule has 8 heteroatoms. The zero-order chi connectivity index (χ0) is 19.5. The second-order valence-electron chi connectivity index (χ2n) is 6.40. The SMILES string of the molecule is O=C1/C(=C/c2ccc([N+](=O)[O-])s2)CCc2cc(OCCn3ccnc3)ccc21. The molecular formula is C20H17N3O4S. The third-order valence-corrected chi connectivity index (χ3v) is 5.55. The highest BCUT2D eigenvalue weighted by atomic mass is 32.1. The molecule has 0 unspecified atom stereocenters. The summed E-state index contributed by atoms with van der Waals surface area (Å²) in [6, 6.07) is 8.67. The van der Waals surface area contributed by atoms with E-state index in [1.807, 2.05) is 22.9 Å². The molecule has 4 rings (SSSR count). The van der Waals surface area contributed by atoms with Crippen LogP contribution in [0.15, 0.2) is 54.6 Å². The molecule has 1 aliphatic rings. The molecule has 28 heavy (non-hydrogen) atoms. The molecule has 0 atom stereocenters. The molecule has 0 radical (unpaired) electrons. The van der Waals surface area contributed by atoms with Crippen molar-refractivity contribution in [1.29, 1.82) is 0 Å². The molecule has 0 N–H and O–H groups in total. The van der Waals surface area contributed by atoms with E-state index in [2.05, 4.69) is 4.98 Å². The van der Waals surface area contributed by atoms with Crippen molar-refractivity contribution in [1.82, 2.24) is 9.55 Å². The van der Waals surface area contributed by atoms with Gasteiger partial charge in [0.25, 0.3) is 0 Å². The van der Waals surface area contributed by atoms with Crippen LogP contribution in [0.5, 0.6) is 5.75 Å². The fourth-order valence-electron chi connectivity index (χ4n) is 3.16. The van der Waals surface area contributed by atoms with Gasteiger partial charge in [0.1, 0.15) is 12.4 Å². The topological polar surface area (TPSA) is 87.3 Å². The normalized spacial score (nSPS) is 14.9. The maximum absolute atomic E-state index is 12.8. The van der Waals surface area contributed by atoms with Crippen LogP contribution in [-0.4, -0.2) is 26.9 Å². The Morgan fingerprint density at radius 1 is 1.29 bits per heavy atom. The number of thiophene rings is 1. The minimum Gasteiger partial charge on any atom is -0.492 e. The highest BCUT2D eigenvalue weighted by Gasteiger charge is 2.23. The van der Waals surface area contributed by atoms with E-state index in [-0.39, 0.29) is 10.8 Å². The smallest absolute Gasteiger partial charge is 0.324 e. The molecule has 0 spiro atoms. The highest BCUT2D eigenvalue weighted by Crippen LogP contribution is 2.32. The summed E-state index contributed by atoms with van der Waals surface area (Å²) < 4.78 is 7.73. The number of nitrogens with zero attached hydrogens (tertiary/aromatic N) is 3. The van der Waals surface area contributed by atoms with Gasteiger partial charge in [-0.25, -0.2) is 4.98 Å². The highest BCUT2D eigenvalue weighted by molar-refractivity contribution is 7.16. The molecular weight excluding hydrogens is 378 g/mol. The number of carbonyl (C=O) groups excluding carboxylic acids is 1. The number of Topliss-reactive ketones (excluding diaryl/α,β-unsaturated/α-hetero) is 1. The number of hydrogen-bond donors (Lipinski definition) is 0. The Bertz CT molecular complexity index is 1050. The molecule has 142 valence electrons. The lowest BCUT2D eigenvalue weighted by Crippen LogP contribution is -2.14. The predicted octanol–water partition coefficient (Wildman–Crippen LogP) is 4.14. The minimum absolute atomic E-state index is 0.0257. The standard InChI is InChI=1S/C20H17N3O4S/c24-20-15(12-17-4-6-19(28-17)23(25)26)2-1-14-11-16(3-5-18(14)20)27-10-9-22-8-7-21-13-22/h3-8,11-13H,1-2,9-10H2/b15-12+. The Balaban J connectivity index is 1.45. The Morgan fingerprint density at radius 2 is 2.18 bits per heavy atom. The molecule has 1 aromatic carbocycles. The first kappa shape index (κ1) is 18.1. The van der Waals surface area contributed by atoms with E-state index < -0.39 is 4.92 Å². The summed E-state index contributed by atoms with van der Waals surface area (Å²) in [7, 11) is 0. The van der Waals surface area contributed by atoms with Crippen LogP contribution in [-0.2, 0) is 13.0 Å². The van der Waals surface area contributed by atoms with E-state index in [0.717, 1.165) is 33.9 Å². The lowest BCUT2D eigenvalue weighted by Gasteiger charge is -2.18. The van der Waals surface area contributed by atoms with E-state index in [1.165, 1.54) is 6.07 Å². The number of aryl methyl sites for hydroxylation is 1. The van der Waals surface area contributed by atoms with Gasteiger partial charge in [0.2, 0.25) is 0 Å². The lowest BCUT2D eigenvalue weighted by molar-refractivity contribution is -0.380. The number of fused-ring (bicyclic) bond motifs is 1. The van der Waals surface area contributed by atoms with Gasteiger partial charge in [-0.05, 0) is 48.7 Å². The number of ether oxygens (including phenoxy) is 1. The second-order valence-corrected chi connectivity index (χ2v) is 7.49. The van der Waals surface area contributed by atoms with Gasteiger partial charge in [-0.2, -0.15) is 0 Å². The van der Waals surface area contributed by atoms with Gasteiger partial charge in [-0.1, -0.05) is 11.3 Å². The Morgan fingerprint density at radius 3 is 2.93 bits per heavy atom. The van der Waals surface area contributed by atoms with Gasteiger partial charge in [-0.15, -0.1) is 0 Å². The van der Waals surface area contributed by atoms with Crippen molar-refractivity contribution in [3.8, 4) is 5.75 Å². The van der Waals surface area contributed by atoms with Gasteiger partial charge in [-0.3, -0.25) is 14.9 Å². The van der Waals surface area contributed by atoms with E-state index in [4.69, 9.17) is 4.74 Å².